The number of amides is 3. The standard InChI is InChI=1S/C34H38BrN3O6/c1-4-43-25-13-11-22(12-14-25)36-31(40)27-28-33(42)38(24(18-39)15-19(2)3)30(34(28)17-26(35)29(27)44-34)32(41)37-23-10-9-20-7-5-6-8-21(20)16-23/h5-14,16,19,24,26-30,39H,4,15,17-18H2,1-3H3,(H,36,40)(H,37,41)/t24-,26?,27+,28+,29+,30?,34?/m1/s1. The number of aliphatic hydroxyl groups excluding tert-OH is 1. The highest BCUT2D eigenvalue weighted by Crippen LogP contribution is 2.60. The molecule has 0 radical (unpaired) electrons. The Bertz CT molecular complexity index is 1560. The van der Waals surface area contributed by atoms with E-state index in [0.29, 0.717) is 36.6 Å². The number of aliphatic hydroxyl groups is 1. The summed E-state index contributed by atoms with van der Waals surface area (Å²) in [6, 6.07) is 19.0. The molecule has 232 valence electrons. The molecule has 2 bridgehead atoms. The Labute approximate surface area is 265 Å². The second-order valence-corrected chi connectivity index (χ2v) is 13.5. The zero-order valence-electron chi connectivity index (χ0n) is 25.0. The fraction of sp³-hybridized carbons (Fsp3) is 0.441. The topological polar surface area (TPSA) is 117 Å². The molecule has 7 atom stereocenters. The van der Waals surface area contributed by atoms with Gasteiger partial charge >= 0.3 is 0 Å². The van der Waals surface area contributed by atoms with E-state index in [2.05, 4.69) is 26.6 Å². The lowest BCUT2D eigenvalue weighted by Gasteiger charge is -2.37. The van der Waals surface area contributed by atoms with Crippen LogP contribution in [0.25, 0.3) is 10.8 Å². The van der Waals surface area contributed by atoms with E-state index >= 15 is 0 Å². The van der Waals surface area contributed by atoms with Crippen molar-refractivity contribution in [1.82, 2.24) is 4.90 Å². The maximum Gasteiger partial charge on any atom is 0.250 e. The monoisotopic (exact) mass is 663 g/mol. The molecule has 3 unspecified atom stereocenters. The summed E-state index contributed by atoms with van der Waals surface area (Å²) in [4.78, 5) is 43.9. The fourth-order valence-electron chi connectivity index (χ4n) is 7.38. The second-order valence-electron chi connectivity index (χ2n) is 12.4. The third kappa shape index (κ3) is 5.26. The number of hydrogen-bond acceptors (Lipinski definition) is 6. The summed E-state index contributed by atoms with van der Waals surface area (Å²) in [5.41, 5.74) is -0.0670. The van der Waals surface area contributed by atoms with Crippen molar-refractivity contribution < 1.29 is 29.0 Å². The molecule has 9 nitrogen and oxygen atoms in total. The number of carbonyl (C=O) groups is 3. The van der Waals surface area contributed by atoms with Gasteiger partial charge in [0.25, 0.3) is 0 Å². The van der Waals surface area contributed by atoms with E-state index in [1.807, 2.05) is 63.2 Å². The first-order chi connectivity index (χ1) is 21.2. The Morgan fingerprint density at radius 3 is 2.41 bits per heavy atom. The number of ether oxygens (including phenoxy) is 2. The van der Waals surface area contributed by atoms with Gasteiger partial charge in [-0.2, -0.15) is 0 Å². The third-order valence-corrected chi connectivity index (χ3v) is 9.92. The number of nitrogens with one attached hydrogen (secondary N) is 2. The molecular weight excluding hydrogens is 626 g/mol. The van der Waals surface area contributed by atoms with Gasteiger partial charge in [-0.3, -0.25) is 14.4 Å². The molecule has 1 spiro atoms. The first kappa shape index (κ1) is 30.6. The van der Waals surface area contributed by atoms with Crippen LogP contribution < -0.4 is 15.4 Å². The summed E-state index contributed by atoms with van der Waals surface area (Å²) in [5, 5.41) is 18.5. The highest BCUT2D eigenvalue weighted by molar-refractivity contribution is 9.09. The highest BCUT2D eigenvalue weighted by Gasteiger charge is 2.77. The molecule has 0 saturated carbocycles. The van der Waals surface area contributed by atoms with E-state index in [1.54, 1.807) is 24.3 Å². The molecule has 3 fully saturated rings. The maximum absolute atomic E-state index is 14.4. The molecule has 3 aromatic rings. The van der Waals surface area contributed by atoms with Crippen molar-refractivity contribution in [3.05, 3.63) is 66.7 Å². The van der Waals surface area contributed by atoms with Crippen molar-refractivity contribution >= 4 is 55.8 Å². The smallest absolute Gasteiger partial charge is 0.250 e. The molecule has 10 heteroatoms. The zero-order valence-corrected chi connectivity index (χ0v) is 26.6. The van der Waals surface area contributed by atoms with Crippen LogP contribution >= 0.6 is 15.9 Å². The number of fused-ring (bicyclic) bond motifs is 2. The number of carbonyl (C=O) groups excluding carboxylic acids is 3. The second kappa shape index (κ2) is 12.1. The molecule has 3 aliphatic heterocycles. The predicted octanol–water partition coefficient (Wildman–Crippen LogP) is 4.97. The van der Waals surface area contributed by atoms with E-state index in [1.165, 1.54) is 4.90 Å². The van der Waals surface area contributed by atoms with E-state index < -0.39 is 41.5 Å². The zero-order chi connectivity index (χ0) is 31.2. The Kier molecular flexibility index (Phi) is 8.43. The van der Waals surface area contributed by atoms with E-state index in [4.69, 9.17) is 9.47 Å². The van der Waals surface area contributed by atoms with Gasteiger partial charge in [0.1, 0.15) is 17.4 Å². The van der Waals surface area contributed by atoms with Gasteiger partial charge < -0.3 is 30.1 Å². The normalized spacial score (nSPS) is 27.9. The Hall–Kier alpha value is -3.47. The molecule has 0 aromatic heterocycles. The maximum atomic E-state index is 14.4. The lowest BCUT2D eigenvalue weighted by Crippen LogP contribution is -2.56. The van der Waals surface area contributed by atoms with Crippen molar-refractivity contribution in [2.24, 2.45) is 17.8 Å². The summed E-state index contributed by atoms with van der Waals surface area (Å²) in [6.45, 7) is 6.14. The molecule has 0 aliphatic carbocycles. The molecule has 3 aromatic carbocycles. The minimum atomic E-state index is -1.23. The molecule has 3 heterocycles. The average molecular weight is 665 g/mol. The largest absolute Gasteiger partial charge is 0.494 e. The van der Waals surface area contributed by atoms with Gasteiger partial charge in [-0.15, -0.1) is 0 Å². The van der Waals surface area contributed by atoms with Gasteiger partial charge in [-0.05, 0) is 72.9 Å². The average Bonchev–Trinajstić information content (AvgIpc) is 3.60. The number of nitrogens with zero attached hydrogens (tertiary/aromatic N) is 1. The number of anilines is 2. The van der Waals surface area contributed by atoms with Crippen LogP contribution in [0.4, 0.5) is 11.4 Å². The summed E-state index contributed by atoms with van der Waals surface area (Å²) in [5.74, 6) is -1.94. The first-order valence-electron chi connectivity index (χ1n) is 15.2. The lowest BCUT2D eigenvalue weighted by molar-refractivity contribution is -0.143. The van der Waals surface area contributed by atoms with Crippen LogP contribution in [0.1, 0.15) is 33.6 Å². The van der Waals surface area contributed by atoms with Crippen LogP contribution in [0.15, 0.2) is 66.7 Å². The SMILES string of the molecule is CCOc1ccc(NC(=O)[C@H]2[C@H]3C(=O)N([C@@H](CO)CC(C)C)C(C(=O)Nc4ccc5ccccc5c4)C34CC(Br)[C@@H]2O4)cc1. The predicted molar refractivity (Wildman–Crippen MR) is 172 cm³/mol. The summed E-state index contributed by atoms with van der Waals surface area (Å²) in [6.07, 6.45) is 0.282. The third-order valence-electron chi connectivity index (χ3n) is 9.08. The summed E-state index contributed by atoms with van der Waals surface area (Å²) < 4.78 is 12.1. The number of hydrogen-bond donors (Lipinski definition) is 3. The van der Waals surface area contributed by atoms with Gasteiger partial charge in [0.05, 0.1) is 37.2 Å². The van der Waals surface area contributed by atoms with Crippen LogP contribution in [0.5, 0.6) is 5.75 Å². The van der Waals surface area contributed by atoms with Crippen LogP contribution in [-0.2, 0) is 19.1 Å². The van der Waals surface area contributed by atoms with Crippen molar-refractivity contribution in [3.8, 4) is 5.75 Å². The van der Waals surface area contributed by atoms with Crippen molar-refractivity contribution in [2.45, 2.75) is 62.2 Å². The molecule has 6 rings (SSSR count). The Morgan fingerprint density at radius 1 is 1.05 bits per heavy atom. The first-order valence-corrected chi connectivity index (χ1v) is 16.2. The van der Waals surface area contributed by atoms with Crippen LogP contribution in [0.2, 0.25) is 0 Å². The van der Waals surface area contributed by atoms with Gasteiger partial charge in [0.15, 0.2) is 0 Å². The highest BCUT2D eigenvalue weighted by atomic mass is 79.9. The Balaban J connectivity index is 1.34. The Morgan fingerprint density at radius 2 is 1.73 bits per heavy atom. The van der Waals surface area contributed by atoms with Gasteiger partial charge in [0, 0.05) is 16.2 Å². The minimum Gasteiger partial charge on any atom is -0.494 e. The molecule has 3 N–H and O–H groups in total. The van der Waals surface area contributed by atoms with Crippen LogP contribution in [0.3, 0.4) is 0 Å². The van der Waals surface area contributed by atoms with Gasteiger partial charge in [-0.1, -0.05) is 60.1 Å². The van der Waals surface area contributed by atoms with Crippen molar-refractivity contribution in [2.75, 3.05) is 23.8 Å². The van der Waals surface area contributed by atoms with Crippen molar-refractivity contribution in [1.29, 1.82) is 0 Å². The summed E-state index contributed by atoms with van der Waals surface area (Å²) >= 11 is 3.72. The van der Waals surface area contributed by atoms with Crippen LogP contribution in [0, 0.1) is 17.8 Å². The fourth-order valence-corrected chi connectivity index (χ4v) is 8.33. The number of rotatable bonds is 10. The van der Waals surface area contributed by atoms with Crippen molar-refractivity contribution in [3.63, 3.8) is 0 Å². The van der Waals surface area contributed by atoms with E-state index in [-0.39, 0.29) is 29.2 Å². The lowest BCUT2D eigenvalue weighted by atomic mass is 9.70. The van der Waals surface area contributed by atoms with Gasteiger partial charge in [-0.25, -0.2) is 0 Å². The van der Waals surface area contributed by atoms with E-state index in [9.17, 15) is 19.5 Å². The molecular formula is C34H38BrN3O6. The molecule has 3 aliphatic rings. The van der Waals surface area contributed by atoms with Crippen LogP contribution in [-0.4, -0.2) is 69.6 Å². The summed E-state index contributed by atoms with van der Waals surface area (Å²) in [7, 11) is 0. The van der Waals surface area contributed by atoms with E-state index in [0.717, 1.165) is 10.8 Å². The molecule has 3 amide bonds. The molecule has 3 saturated heterocycles. The number of likely N-dealkylation sites (tertiary alicyclic amines) is 1. The number of alkyl halides is 1. The quantitative estimate of drug-likeness (QED) is 0.264. The number of benzene rings is 3. The van der Waals surface area contributed by atoms with Gasteiger partial charge in [0.2, 0.25) is 17.7 Å². The molecule has 44 heavy (non-hydrogen) atoms. The minimum absolute atomic E-state index is 0.155. The number of halogens is 1.